The topological polar surface area (TPSA) is 65.9 Å². The fraction of sp³-hybridized carbons (Fsp3) is 0.538. The van der Waals surface area contributed by atoms with Gasteiger partial charge in [0.25, 0.3) is 0 Å². The summed E-state index contributed by atoms with van der Waals surface area (Å²) in [7, 11) is 0. The molecule has 1 saturated heterocycles. The minimum absolute atomic E-state index is 0.306. The third kappa shape index (κ3) is 2.40. The van der Waals surface area contributed by atoms with Gasteiger partial charge in [0, 0.05) is 25.3 Å². The van der Waals surface area contributed by atoms with Crippen molar-refractivity contribution in [3.63, 3.8) is 0 Å². The lowest BCUT2D eigenvalue weighted by molar-refractivity contribution is 0.365. The molecule has 1 aliphatic rings. The van der Waals surface area contributed by atoms with Gasteiger partial charge in [0.15, 0.2) is 0 Å². The lowest BCUT2D eigenvalue weighted by Gasteiger charge is -2.39. The van der Waals surface area contributed by atoms with Crippen molar-refractivity contribution in [2.75, 3.05) is 18.0 Å². The van der Waals surface area contributed by atoms with Crippen molar-refractivity contribution in [2.24, 2.45) is 11.7 Å². The van der Waals surface area contributed by atoms with Gasteiger partial charge >= 0.3 is 0 Å². The molecule has 0 amide bonds. The highest BCUT2D eigenvalue weighted by atomic mass is 15.2. The lowest BCUT2D eigenvalue weighted by Crippen LogP contribution is -2.47. The van der Waals surface area contributed by atoms with Crippen LogP contribution in [0.3, 0.4) is 0 Å². The molecule has 2 atom stereocenters. The van der Waals surface area contributed by atoms with Crippen molar-refractivity contribution in [2.45, 2.75) is 25.8 Å². The number of rotatable bonds is 2. The van der Waals surface area contributed by atoms with E-state index in [0.717, 1.165) is 25.2 Å². The minimum atomic E-state index is 0.306. The molecule has 0 radical (unpaired) electrons. The molecule has 4 heteroatoms. The fourth-order valence-corrected chi connectivity index (χ4v) is 2.47. The van der Waals surface area contributed by atoms with Gasteiger partial charge in [0.1, 0.15) is 11.9 Å². The molecule has 90 valence electrons. The summed E-state index contributed by atoms with van der Waals surface area (Å²) in [5.41, 5.74) is 6.47. The molecular weight excluding hydrogens is 212 g/mol. The molecule has 1 aromatic heterocycles. The molecule has 2 heterocycles. The third-order valence-electron chi connectivity index (χ3n) is 3.43. The van der Waals surface area contributed by atoms with E-state index in [-0.39, 0.29) is 0 Å². The summed E-state index contributed by atoms with van der Waals surface area (Å²) in [6, 6.07) is 6.12. The minimum Gasteiger partial charge on any atom is -0.351 e. The first-order valence-corrected chi connectivity index (χ1v) is 6.08. The quantitative estimate of drug-likeness (QED) is 0.836. The van der Waals surface area contributed by atoms with E-state index in [2.05, 4.69) is 22.9 Å². The van der Waals surface area contributed by atoms with Gasteiger partial charge in [-0.15, -0.1) is 0 Å². The van der Waals surface area contributed by atoms with Crippen molar-refractivity contribution in [3.8, 4) is 6.07 Å². The fourth-order valence-electron chi connectivity index (χ4n) is 2.47. The summed E-state index contributed by atoms with van der Waals surface area (Å²) < 4.78 is 0. The van der Waals surface area contributed by atoms with Crippen LogP contribution >= 0.6 is 0 Å². The van der Waals surface area contributed by atoms with Gasteiger partial charge in [-0.05, 0) is 30.9 Å². The normalized spacial score (nSPS) is 24.4. The summed E-state index contributed by atoms with van der Waals surface area (Å²) in [6.45, 7) is 3.81. The van der Waals surface area contributed by atoms with Gasteiger partial charge in [-0.1, -0.05) is 6.92 Å². The summed E-state index contributed by atoms with van der Waals surface area (Å²) in [5, 5.41) is 9.11. The van der Waals surface area contributed by atoms with Gasteiger partial charge in [-0.25, -0.2) is 4.98 Å². The number of hydrogen-bond acceptors (Lipinski definition) is 4. The molecule has 1 aliphatic heterocycles. The Kier molecular flexibility index (Phi) is 3.60. The van der Waals surface area contributed by atoms with Crippen LogP contribution in [0, 0.1) is 17.2 Å². The van der Waals surface area contributed by atoms with E-state index in [0.29, 0.717) is 24.1 Å². The van der Waals surface area contributed by atoms with E-state index in [1.54, 1.807) is 12.3 Å². The highest BCUT2D eigenvalue weighted by molar-refractivity contribution is 5.54. The number of pyridine rings is 1. The van der Waals surface area contributed by atoms with E-state index in [1.165, 1.54) is 0 Å². The second kappa shape index (κ2) is 5.15. The van der Waals surface area contributed by atoms with Gasteiger partial charge in [-0.3, -0.25) is 0 Å². The average Bonchev–Trinajstić information content (AvgIpc) is 2.38. The zero-order valence-electron chi connectivity index (χ0n) is 10.1. The van der Waals surface area contributed by atoms with Crippen LogP contribution in [0.1, 0.15) is 25.3 Å². The van der Waals surface area contributed by atoms with E-state index < -0.39 is 0 Å². The van der Waals surface area contributed by atoms with Crippen LogP contribution in [-0.4, -0.2) is 24.1 Å². The van der Waals surface area contributed by atoms with E-state index in [1.807, 2.05) is 6.07 Å². The average molecular weight is 230 g/mol. The summed E-state index contributed by atoms with van der Waals surface area (Å²) >= 11 is 0. The van der Waals surface area contributed by atoms with Crippen molar-refractivity contribution in [1.29, 1.82) is 5.26 Å². The maximum atomic E-state index is 9.11. The van der Waals surface area contributed by atoms with Gasteiger partial charge < -0.3 is 10.6 Å². The molecule has 0 spiro atoms. The molecule has 0 bridgehead atoms. The van der Waals surface area contributed by atoms with Gasteiger partial charge in [-0.2, -0.15) is 5.26 Å². The molecule has 2 rings (SSSR count). The van der Waals surface area contributed by atoms with Gasteiger partial charge in [0.05, 0.1) is 5.56 Å². The largest absolute Gasteiger partial charge is 0.351 e. The van der Waals surface area contributed by atoms with Gasteiger partial charge in [0.2, 0.25) is 0 Å². The number of piperidine rings is 1. The molecule has 2 N–H and O–H groups in total. The SMILES string of the molecule is CC1CCN(c2ncccc2C#N)C(CN)C1. The first-order valence-electron chi connectivity index (χ1n) is 6.08. The number of hydrogen-bond donors (Lipinski definition) is 1. The second-order valence-electron chi connectivity index (χ2n) is 4.70. The highest BCUT2D eigenvalue weighted by Crippen LogP contribution is 2.27. The van der Waals surface area contributed by atoms with Crippen LogP contribution in [-0.2, 0) is 0 Å². The summed E-state index contributed by atoms with van der Waals surface area (Å²) in [5.74, 6) is 1.49. The maximum Gasteiger partial charge on any atom is 0.146 e. The van der Waals surface area contributed by atoms with Crippen LogP contribution in [0.2, 0.25) is 0 Å². The number of nitrogens with two attached hydrogens (primary N) is 1. The Morgan fingerprint density at radius 1 is 1.65 bits per heavy atom. The third-order valence-corrected chi connectivity index (χ3v) is 3.43. The Hall–Kier alpha value is -1.60. The number of nitrogens with zero attached hydrogens (tertiary/aromatic N) is 3. The van der Waals surface area contributed by atoms with E-state index >= 15 is 0 Å². The first-order chi connectivity index (χ1) is 8.26. The lowest BCUT2D eigenvalue weighted by atomic mass is 9.92. The van der Waals surface area contributed by atoms with Crippen LogP contribution < -0.4 is 10.6 Å². The smallest absolute Gasteiger partial charge is 0.146 e. The second-order valence-corrected chi connectivity index (χ2v) is 4.70. The molecule has 0 saturated carbocycles. The molecule has 2 unspecified atom stereocenters. The standard InChI is InChI=1S/C13H18N4/c1-10-4-6-17(12(7-10)9-15)13-11(8-14)3-2-5-16-13/h2-3,5,10,12H,4,6-7,9,15H2,1H3. The summed E-state index contributed by atoms with van der Waals surface area (Å²) in [6.07, 6.45) is 3.96. The molecule has 1 fully saturated rings. The zero-order chi connectivity index (χ0) is 12.3. The number of aromatic nitrogens is 1. The Labute approximate surface area is 102 Å². The Morgan fingerprint density at radius 2 is 2.47 bits per heavy atom. The van der Waals surface area contributed by atoms with Crippen LogP contribution in [0.25, 0.3) is 0 Å². The Bertz CT molecular complexity index is 424. The van der Waals surface area contributed by atoms with Crippen LogP contribution in [0.4, 0.5) is 5.82 Å². The molecule has 4 nitrogen and oxygen atoms in total. The molecule has 0 aliphatic carbocycles. The Balaban J connectivity index is 2.29. The number of anilines is 1. The number of nitriles is 1. The summed E-state index contributed by atoms with van der Waals surface area (Å²) in [4.78, 5) is 6.54. The predicted octanol–water partition coefficient (Wildman–Crippen LogP) is 1.52. The highest BCUT2D eigenvalue weighted by Gasteiger charge is 2.27. The van der Waals surface area contributed by atoms with Crippen molar-refractivity contribution in [1.82, 2.24) is 4.98 Å². The molecule has 0 aromatic carbocycles. The van der Waals surface area contributed by atoms with Crippen molar-refractivity contribution >= 4 is 5.82 Å². The zero-order valence-corrected chi connectivity index (χ0v) is 10.1. The molecular formula is C13H18N4. The Morgan fingerprint density at radius 3 is 3.18 bits per heavy atom. The monoisotopic (exact) mass is 230 g/mol. The van der Waals surface area contributed by atoms with E-state index in [9.17, 15) is 0 Å². The first kappa shape index (κ1) is 11.9. The van der Waals surface area contributed by atoms with Crippen molar-refractivity contribution < 1.29 is 0 Å². The van der Waals surface area contributed by atoms with Crippen LogP contribution in [0.15, 0.2) is 18.3 Å². The molecule has 1 aromatic rings. The predicted molar refractivity (Wildman–Crippen MR) is 67.5 cm³/mol. The maximum absolute atomic E-state index is 9.11. The van der Waals surface area contributed by atoms with E-state index in [4.69, 9.17) is 11.0 Å². The molecule has 17 heavy (non-hydrogen) atoms. The van der Waals surface area contributed by atoms with Crippen molar-refractivity contribution in [3.05, 3.63) is 23.9 Å². The van der Waals surface area contributed by atoms with Crippen LogP contribution in [0.5, 0.6) is 0 Å².